The maximum Gasteiger partial charge on any atom is 0.258 e. The number of amides is 3. The third-order valence-electron chi connectivity index (χ3n) is 8.12. The van der Waals surface area contributed by atoms with Crippen molar-refractivity contribution >= 4 is 29.5 Å². The van der Waals surface area contributed by atoms with Gasteiger partial charge in [0.1, 0.15) is 0 Å². The Morgan fingerprint density at radius 2 is 1.82 bits per heavy atom. The first-order chi connectivity index (χ1) is 19.3. The van der Waals surface area contributed by atoms with Crippen LogP contribution >= 0.6 is 11.8 Å². The van der Waals surface area contributed by atoms with Gasteiger partial charge in [-0.3, -0.25) is 19.3 Å². The molecule has 2 heterocycles. The van der Waals surface area contributed by atoms with E-state index in [2.05, 4.69) is 20.9 Å². The molecular formula is C31H44N4O4S. The van der Waals surface area contributed by atoms with Crippen LogP contribution in [0.5, 0.6) is 0 Å². The Morgan fingerprint density at radius 3 is 2.52 bits per heavy atom. The van der Waals surface area contributed by atoms with Gasteiger partial charge in [0.05, 0.1) is 29.6 Å². The fourth-order valence-corrected chi connectivity index (χ4v) is 6.88. The lowest BCUT2D eigenvalue weighted by atomic mass is 9.72. The molecule has 2 fully saturated rings. The van der Waals surface area contributed by atoms with E-state index in [1.165, 1.54) is 24.6 Å². The number of allylic oxidation sites excluding steroid dienone is 2. The smallest absolute Gasteiger partial charge is 0.258 e. The van der Waals surface area contributed by atoms with Crippen LogP contribution in [-0.4, -0.2) is 77.3 Å². The predicted molar refractivity (Wildman–Crippen MR) is 159 cm³/mol. The van der Waals surface area contributed by atoms with Crippen LogP contribution in [0.2, 0.25) is 0 Å². The number of piperidine rings is 1. The number of fused-ring (bicyclic) bond motifs is 1. The Kier molecular flexibility index (Phi) is 11.3. The monoisotopic (exact) mass is 568 g/mol. The number of aliphatic hydroxyl groups is 1. The lowest BCUT2D eigenvalue weighted by Gasteiger charge is -2.46. The van der Waals surface area contributed by atoms with Crippen molar-refractivity contribution in [3.8, 4) is 0 Å². The molecule has 0 aromatic heterocycles. The molecule has 1 saturated heterocycles. The van der Waals surface area contributed by atoms with Gasteiger partial charge in [0.25, 0.3) is 5.91 Å². The summed E-state index contributed by atoms with van der Waals surface area (Å²) >= 11 is 1.43. The highest BCUT2D eigenvalue weighted by molar-refractivity contribution is 8.04. The van der Waals surface area contributed by atoms with E-state index in [1.807, 2.05) is 56.3 Å². The van der Waals surface area contributed by atoms with Gasteiger partial charge in [-0.05, 0) is 56.6 Å². The van der Waals surface area contributed by atoms with E-state index < -0.39 is 12.1 Å². The van der Waals surface area contributed by atoms with E-state index in [0.717, 1.165) is 37.1 Å². The molecule has 3 amide bonds. The summed E-state index contributed by atoms with van der Waals surface area (Å²) in [4.78, 5) is 41.4. The Bertz CT molecular complexity index is 1080. The number of hydrogen-bond donors (Lipinski definition) is 4. The summed E-state index contributed by atoms with van der Waals surface area (Å²) < 4.78 is 0. The maximum atomic E-state index is 13.2. The summed E-state index contributed by atoms with van der Waals surface area (Å²) in [5, 5.41) is 20.3. The minimum Gasteiger partial charge on any atom is -0.390 e. The molecule has 1 saturated carbocycles. The second-order valence-corrected chi connectivity index (χ2v) is 12.6. The number of carbonyl (C=O) groups excluding carboxylic acids is 3. The second-order valence-electron chi connectivity index (χ2n) is 11.6. The summed E-state index contributed by atoms with van der Waals surface area (Å²) in [7, 11) is 0. The SMILES string of the molecule is CC(C)NC(=O)C1CC2CCCCC2CN1CC(O)C(Cc1ccccc1)NC(=O)CNC(=O)C1=CC=CCS1. The molecule has 2 aliphatic heterocycles. The molecule has 4 rings (SSSR count). The summed E-state index contributed by atoms with van der Waals surface area (Å²) in [6.45, 7) is 4.83. The minimum atomic E-state index is -0.893. The van der Waals surface area contributed by atoms with E-state index in [4.69, 9.17) is 0 Å². The fraction of sp³-hybridized carbons (Fsp3) is 0.581. The second kappa shape index (κ2) is 14.8. The summed E-state index contributed by atoms with van der Waals surface area (Å²) in [6.07, 6.45) is 10.7. The average Bonchev–Trinajstić information content (AvgIpc) is 2.95. The number of hydrogen-bond acceptors (Lipinski definition) is 6. The van der Waals surface area contributed by atoms with Crippen molar-refractivity contribution in [2.45, 2.75) is 76.6 Å². The van der Waals surface area contributed by atoms with Crippen LogP contribution in [0.15, 0.2) is 53.5 Å². The van der Waals surface area contributed by atoms with Gasteiger partial charge in [0.15, 0.2) is 0 Å². The van der Waals surface area contributed by atoms with Crippen LogP contribution in [0.3, 0.4) is 0 Å². The quantitative estimate of drug-likeness (QED) is 0.327. The van der Waals surface area contributed by atoms with Gasteiger partial charge in [-0.25, -0.2) is 0 Å². The number of aliphatic hydroxyl groups excluding tert-OH is 1. The van der Waals surface area contributed by atoms with Crippen molar-refractivity contribution in [3.63, 3.8) is 0 Å². The van der Waals surface area contributed by atoms with E-state index in [0.29, 0.717) is 29.7 Å². The molecule has 1 aromatic carbocycles. The zero-order valence-corrected chi connectivity index (χ0v) is 24.5. The number of β-amino-alcohol motifs (C(OH)–C–C–N with tert-alkyl or cyclic N) is 1. The van der Waals surface area contributed by atoms with Crippen molar-refractivity contribution in [2.75, 3.05) is 25.4 Å². The molecule has 40 heavy (non-hydrogen) atoms. The number of benzene rings is 1. The first-order valence-corrected chi connectivity index (χ1v) is 15.6. The van der Waals surface area contributed by atoms with Crippen molar-refractivity contribution in [3.05, 3.63) is 59.0 Å². The van der Waals surface area contributed by atoms with Gasteiger partial charge in [0, 0.05) is 24.9 Å². The van der Waals surface area contributed by atoms with Gasteiger partial charge in [-0.2, -0.15) is 0 Å². The topological polar surface area (TPSA) is 111 Å². The minimum absolute atomic E-state index is 0.0160. The maximum absolute atomic E-state index is 13.2. The molecule has 9 heteroatoms. The first kappa shape index (κ1) is 30.3. The molecule has 218 valence electrons. The van der Waals surface area contributed by atoms with Crippen molar-refractivity contribution < 1.29 is 19.5 Å². The summed E-state index contributed by atoms with van der Waals surface area (Å²) in [5.41, 5.74) is 0.992. The summed E-state index contributed by atoms with van der Waals surface area (Å²) in [6, 6.07) is 8.93. The van der Waals surface area contributed by atoms with Gasteiger partial charge >= 0.3 is 0 Å². The molecule has 4 N–H and O–H groups in total. The molecule has 0 spiro atoms. The molecule has 5 unspecified atom stereocenters. The largest absolute Gasteiger partial charge is 0.390 e. The molecule has 1 aromatic rings. The van der Waals surface area contributed by atoms with E-state index in [1.54, 1.807) is 6.08 Å². The molecule has 8 nitrogen and oxygen atoms in total. The molecule has 0 radical (unpaired) electrons. The number of nitrogens with one attached hydrogen (secondary N) is 3. The van der Waals surface area contributed by atoms with E-state index in [9.17, 15) is 19.5 Å². The Balaban J connectivity index is 1.44. The van der Waals surface area contributed by atoms with E-state index >= 15 is 0 Å². The Morgan fingerprint density at radius 1 is 1.07 bits per heavy atom. The van der Waals surface area contributed by atoms with Crippen LogP contribution in [0.1, 0.15) is 51.5 Å². The van der Waals surface area contributed by atoms with Crippen molar-refractivity contribution in [1.29, 1.82) is 0 Å². The first-order valence-electron chi connectivity index (χ1n) is 14.6. The van der Waals surface area contributed by atoms with Crippen LogP contribution < -0.4 is 16.0 Å². The third-order valence-corrected chi connectivity index (χ3v) is 9.11. The zero-order chi connectivity index (χ0) is 28.5. The molecular weight excluding hydrogens is 524 g/mol. The normalized spacial score (nSPS) is 24.4. The van der Waals surface area contributed by atoms with Gasteiger partial charge in [0.2, 0.25) is 11.8 Å². The van der Waals surface area contributed by atoms with Crippen LogP contribution in [-0.2, 0) is 20.8 Å². The number of thioether (sulfide) groups is 1. The molecule has 3 aliphatic rings. The standard InChI is InChI=1S/C31H44N4O4S/c1-21(2)33-30(38)26-17-23-12-6-7-13-24(23)19-35(26)20-27(36)25(16-22-10-4-3-5-11-22)34-29(37)18-32-31(39)28-14-8-9-15-40-28/h3-5,8-11,14,21,23-27,36H,6-7,12-13,15-20H2,1-2H3,(H,32,39)(H,33,38)(H,34,37). The molecule has 5 atom stereocenters. The molecule has 1 aliphatic carbocycles. The number of likely N-dealkylation sites (tertiary alicyclic amines) is 1. The predicted octanol–water partition coefficient (Wildman–Crippen LogP) is 2.78. The van der Waals surface area contributed by atoms with Gasteiger partial charge in [-0.1, -0.05) is 61.7 Å². The third kappa shape index (κ3) is 8.69. The number of nitrogens with zero attached hydrogens (tertiary/aromatic N) is 1. The average molecular weight is 569 g/mol. The van der Waals surface area contributed by atoms with Crippen molar-refractivity contribution in [1.82, 2.24) is 20.9 Å². The Labute approximate surface area is 242 Å². The van der Waals surface area contributed by atoms with Crippen LogP contribution in [0, 0.1) is 11.8 Å². The van der Waals surface area contributed by atoms with Gasteiger partial charge < -0.3 is 21.1 Å². The highest BCUT2D eigenvalue weighted by Crippen LogP contribution is 2.38. The van der Waals surface area contributed by atoms with E-state index in [-0.39, 0.29) is 36.3 Å². The fourth-order valence-electron chi connectivity index (χ4n) is 6.12. The lowest BCUT2D eigenvalue weighted by molar-refractivity contribution is -0.132. The van der Waals surface area contributed by atoms with Crippen LogP contribution in [0.25, 0.3) is 0 Å². The number of rotatable bonds is 11. The number of carbonyl (C=O) groups is 3. The van der Waals surface area contributed by atoms with Crippen LogP contribution in [0.4, 0.5) is 0 Å². The Hall–Kier alpha value is -2.62. The summed E-state index contributed by atoms with van der Waals surface area (Å²) in [5.74, 6) is 1.18. The molecule has 0 bridgehead atoms. The van der Waals surface area contributed by atoms with Gasteiger partial charge in [-0.15, -0.1) is 11.8 Å². The van der Waals surface area contributed by atoms with Crippen molar-refractivity contribution in [2.24, 2.45) is 11.8 Å². The lowest BCUT2D eigenvalue weighted by Crippen LogP contribution is -2.59. The highest BCUT2D eigenvalue weighted by Gasteiger charge is 2.41. The highest BCUT2D eigenvalue weighted by atomic mass is 32.2. The zero-order valence-electron chi connectivity index (χ0n) is 23.7.